The van der Waals surface area contributed by atoms with Crippen molar-refractivity contribution in [3.8, 4) is 0 Å². The number of hydrogen-bond acceptors (Lipinski definition) is 1. The molecule has 0 aliphatic carbocycles. The SMILES string of the molecule is C=CC[N+]1(CC=C)CCCC1C(O)(c1ccccc1)c1ccccc1. The van der Waals surface area contributed by atoms with Crippen molar-refractivity contribution in [3.63, 3.8) is 0 Å². The average Bonchev–Trinajstić information content (AvgIpc) is 3.07. The quantitative estimate of drug-likeness (QED) is 0.592. The highest BCUT2D eigenvalue weighted by Gasteiger charge is 2.54. The maximum Gasteiger partial charge on any atom is 0.166 e. The lowest BCUT2D eigenvalue weighted by atomic mass is 9.78. The Bertz CT molecular complexity index is 658. The molecule has 0 saturated carbocycles. The monoisotopic (exact) mass is 334 g/mol. The summed E-state index contributed by atoms with van der Waals surface area (Å²) in [6.07, 6.45) is 6.06. The van der Waals surface area contributed by atoms with Crippen LogP contribution in [0.4, 0.5) is 0 Å². The molecule has 0 spiro atoms. The first kappa shape index (κ1) is 17.7. The molecule has 2 aromatic rings. The van der Waals surface area contributed by atoms with Gasteiger partial charge in [-0.2, -0.15) is 0 Å². The smallest absolute Gasteiger partial charge is 0.166 e. The molecule has 0 aromatic heterocycles. The van der Waals surface area contributed by atoms with Crippen molar-refractivity contribution in [1.29, 1.82) is 0 Å². The van der Waals surface area contributed by atoms with Crippen LogP contribution >= 0.6 is 0 Å². The summed E-state index contributed by atoms with van der Waals surface area (Å²) < 4.78 is 0.813. The molecule has 130 valence electrons. The van der Waals surface area contributed by atoms with E-state index in [4.69, 9.17) is 0 Å². The van der Waals surface area contributed by atoms with E-state index in [2.05, 4.69) is 13.2 Å². The van der Waals surface area contributed by atoms with Crippen molar-refractivity contribution in [1.82, 2.24) is 0 Å². The topological polar surface area (TPSA) is 20.2 Å². The minimum Gasteiger partial charge on any atom is -0.374 e. The first-order chi connectivity index (χ1) is 12.2. The Labute approximate surface area is 151 Å². The molecule has 2 heteroatoms. The molecule has 1 saturated heterocycles. The fourth-order valence-corrected chi connectivity index (χ4v) is 4.60. The molecule has 1 aliphatic rings. The summed E-state index contributed by atoms with van der Waals surface area (Å²) in [7, 11) is 0. The predicted octanol–water partition coefficient (Wildman–Crippen LogP) is 4.27. The number of rotatable bonds is 7. The van der Waals surface area contributed by atoms with E-state index < -0.39 is 5.60 Å². The molecule has 1 N–H and O–H groups in total. The molecule has 1 aliphatic heterocycles. The van der Waals surface area contributed by atoms with Crippen LogP contribution in [0.25, 0.3) is 0 Å². The lowest BCUT2D eigenvalue weighted by Crippen LogP contribution is -2.60. The summed E-state index contributed by atoms with van der Waals surface area (Å²) in [5, 5.41) is 12.2. The van der Waals surface area contributed by atoms with Crippen molar-refractivity contribution in [3.05, 3.63) is 97.1 Å². The highest BCUT2D eigenvalue weighted by atomic mass is 16.3. The highest BCUT2D eigenvalue weighted by molar-refractivity contribution is 5.37. The Balaban J connectivity index is 2.18. The normalized spacial score (nSPS) is 19.5. The van der Waals surface area contributed by atoms with Gasteiger partial charge in [0.2, 0.25) is 0 Å². The zero-order valence-corrected chi connectivity index (χ0v) is 14.8. The van der Waals surface area contributed by atoms with Crippen LogP contribution in [0.1, 0.15) is 24.0 Å². The molecule has 2 nitrogen and oxygen atoms in total. The first-order valence-corrected chi connectivity index (χ1v) is 9.08. The number of quaternary nitrogens is 1. The maximum absolute atomic E-state index is 12.2. The van der Waals surface area contributed by atoms with E-state index in [1.165, 1.54) is 0 Å². The summed E-state index contributed by atoms with van der Waals surface area (Å²) in [6, 6.07) is 20.3. The van der Waals surface area contributed by atoms with E-state index in [0.29, 0.717) is 0 Å². The van der Waals surface area contributed by atoms with Gasteiger partial charge in [0.05, 0.1) is 19.6 Å². The van der Waals surface area contributed by atoms with E-state index in [-0.39, 0.29) is 6.04 Å². The molecule has 0 bridgehead atoms. The standard InChI is InChI=1S/C23H28NO/c1-3-17-24(18-4-2)19-11-16-22(24)23(25,20-12-7-5-8-13-20)21-14-9-6-10-15-21/h3-10,12-15,22,25H,1-2,11,16-19H2/q+1. The predicted molar refractivity (Wildman–Crippen MR) is 104 cm³/mol. The van der Waals surface area contributed by atoms with Gasteiger partial charge in [-0.25, -0.2) is 0 Å². The maximum atomic E-state index is 12.2. The second-order valence-corrected chi connectivity index (χ2v) is 7.04. The Kier molecular flexibility index (Phi) is 5.22. The molecule has 2 aromatic carbocycles. The number of benzene rings is 2. The second kappa shape index (κ2) is 7.38. The van der Waals surface area contributed by atoms with Crippen molar-refractivity contribution in [2.45, 2.75) is 24.5 Å². The molecular weight excluding hydrogens is 306 g/mol. The van der Waals surface area contributed by atoms with Crippen LogP contribution in [-0.4, -0.2) is 35.3 Å². The Morgan fingerprint density at radius 1 is 0.920 bits per heavy atom. The van der Waals surface area contributed by atoms with Crippen LogP contribution in [0, 0.1) is 0 Å². The fourth-order valence-electron chi connectivity index (χ4n) is 4.60. The third-order valence-electron chi connectivity index (χ3n) is 5.64. The van der Waals surface area contributed by atoms with Crippen molar-refractivity contribution < 1.29 is 9.59 Å². The minimum absolute atomic E-state index is 0.0771. The van der Waals surface area contributed by atoms with Crippen LogP contribution in [0.15, 0.2) is 86.0 Å². The molecular formula is C23H28NO+. The lowest BCUT2D eigenvalue weighted by Gasteiger charge is -2.46. The molecule has 1 unspecified atom stereocenters. The number of nitrogens with zero attached hydrogens (tertiary/aromatic N) is 1. The van der Waals surface area contributed by atoms with E-state index >= 15 is 0 Å². The zero-order chi connectivity index (χ0) is 17.8. The van der Waals surface area contributed by atoms with Crippen LogP contribution in [0.2, 0.25) is 0 Å². The van der Waals surface area contributed by atoms with Crippen molar-refractivity contribution in [2.24, 2.45) is 0 Å². The van der Waals surface area contributed by atoms with Gasteiger partial charge in [0.1, 0.15) is 6.04 Å². The molecule has 1 atom stereocenters. The van der Waals surface area contributed by atoms with Gasteiger partial charge in [-0.05, 0) is 23.3 Å². The van der Waals surface area contributed by atoms with Gasteiger partial charge >= 0.3 is 0 Å². The summed E-state index contributed by atoms with van der Waals surface area (Å²) in [5.41, 5.74) is 0.901. The second-order valence-electron chi connectivity index (χ2n) is 7.04. The molecule has 1 fully saturated rings. The average molecular weight is 334 g/mol. The minimum atomic E-state index is -1.02. The summed E-state index contributed by atoms with van der Waals surface area (Å²) in [6.45, 7) is 10.7. The van der Waals surface area contributed by atoms with E-state index in [0.717, 1.165) is 48.1 Å². The van der Waals surface area contributed by atoms with Crippen molar-refractivity contribution >= 4 is 0 Å². The van der Waals surface area contributed by atoms with E-state index in [9.17, 15) is 5.11 Å². The van der Waals surface area contributed by atoms with Crippen LogP contribution < -0.4 is 0 Å². The van der Waals surface area contributed by atoms with Gasteiger partial charge in [0, 0.05) is 12.8 Å². The largest absolute Gasteiger partial charge is 0.374 e. The zero-order valence-electron chi connectivity index (χ0n) is 14.8. The first-order valence-electron chi connectivity index (χ1n) is 9.08. The molecule has 0 amide bonds. The summed E-state index contributed by atoms with van der Waals surface area (Å²) in [4.78, 5) is 0. The van der Waals surface area contributed by atoms with Crippen molar-refractivity contribution in [2.75, 3.05) is 19.6 Å². The molecule has 0 radical (unpaired) electrons. The Morgan fingerprint density at radius 2 is 1.40 bits per heavy atom. The molecule has 1 heterocycles. The number of likely N-dealkylation sites (tertiary alicyclic amines) is 1. The van der Waals surface area contributed by atoms with Crippen LogP contribution in [0.3, 0.4) is 0 Å². The van der Waals surface area contributed by atoms with Gasteiger partial charge in [-0.1, -0.05) is 73.8 Å². The highest BCUT2D eigenvalue weighted by Crippen LogP contribution is 2.44. The molecule has 25 heavy (non-hydrogen) atoms. The summed E-state index contributed by atoms with van der Waals surface area (Å²) >= 11 is 0. The summed E-state index contributed by atoms with van der Waals surface area (Å²) in [5.74, 6) is 0. The van der Waals surface area contributed by atoms with Crippen LogP contribution in [0.5, 0.6) is 0 Å². The fraction of sp³-hybridized carbons (Fsp3) is 0.304. The van der Waals surface area contributed by atoms with Gasteiger partial charge in [-0.3, -0.25) is 0 Å². The third-order valence-corrected chi connectivity index (χ3v) is 5.64. The van der Waals surface area contributed by atoms with Gasteiger partial charge in [0.15, 0.2) is 5.60 Å². The third kappa shape index (κ3) is 3.08. The van der Waals surface area contributed by atoms with Gasteiger partial charge in [-0.15, -0.1) is 0 Å². The lowest BCUT2D eigenvalue weighted by molar-refractivity contribution is -0.935. The van der Waals surface area contributed by atoms with E-state index in [1.807, 2.05) is 72.8 Å². The van der Waals surface area contributed by atoms with Gasteiger partial charge in [0.25, 0.3) is 0 Å². The Hall–Kier alpha value is -2.16. The number of aliphatic hydroxyl groups is 1. The molecule has 3 rings (SSSR count). The number of hydrogen-bond donors (Lipinski definition) is 1. The van der Waals surface area contributed by atoms with Crippen LogP contribution in [-0.2, 0) is 5.60 Å². The Morgan fingerprint density at radius 3 is 1.84 bits per heavy atom. The van der Waals surface area contributed by atoms with Gasteiger partial charge < -0.3 is 9.59 Å². The van der Waals surface area contributed by atoms with E-state index in [1.54, 1.807) is 0 Å².